The number of rotatable bonds is 8. The molecule has 2 aliphatic heterocycles. The fraction of sp³-hybridized carbons (Fsp3) is 0.500. The molecule has 0 spiro atoms. The number of hydrogen-bond acceptors (Lipinski definition) is 6. The molecule has 0 radical (unpaired) electrons. The number of aryl methyl sites for hydroxylation is 1. The first kappa shape index (κ1) is 23.3. The predicted molar refractivity (Wildman–Crippen MR) is 142 cm³/mol. The second-order valence-corrected chi connectivity index (χ2v) is 10.5. The Balaban J connectivity index is 1.16. The number of aromatic nitrogens is 4. The van der Waals surface area contributed by atoms with E-state index in [-0.39, 0.29) is 0 Å². The van der Waals surface area contributed by atoms with Crippen molar-refractivity contribution in [2.45, 2.75) is 32.4 Å². The summed E-state index contributed by atoms with van der Waals surface area (Å²) >= 11 is 0. The highest BCUT2D eigenvalue weighted by Gasteiger charge is 2.28. The zero-order chi connectivity index (χ0) is 24.6. The average Bonchev–Trinajstić information content (AvgIpc) is 3.38. The molecule has 4 aromatic rings. The van der Waals surface area contributed by atoms with Gasteiger partial charge < -0.3 is 28.4 Å². The van der Waals surface area contributed by atoms with Crippen molar-refractivity contribution in [3.63, 3.8) is 0 Å². The number of pyridine rings is 2. The molecule has 190 valence electrons. The van der Waals surface area contributed by atoms with Gasteiger partial charge in [-0.1, -0.05) is 0 Å². The molecule has 1 unspecified atom stereocenters. The van der Waals surface area contributed by atoms with Gasteiger partial charge in [-0.15, -0.1) is 0 Å². The van der Waals surface area contributed by atoms with Gasteiger partial charge in [0.15, 0.2) is 11.8 Å². The van der Waals surface area contributed by atoms with Crippen LogP contribution in [0.1, 0.15) is 17.5 Å². The van der Waals surface area contributed by atoms with Crippen LogP contribution in [0.5, 0.6) is 11.8 Å². The number of likely N-dealkylation sites (N-methyl/N-ethyl adjacent to an activating group) is 2. The normalized spacial score (nSPS) is 17.4. The van der Waals surface area contributed by atoms with Gasteiger partial charge in [0.2, 0.25) is 0 Å². The van der Waals surface area contributed by atoms with Gasteiger partial charge in [0.1, 0.15) is 0 Å². The summed E-state index contributed by atoms with van der Waals surface area (Å²) in [6.45, 7) is 6.25. The lowest BCUT2D eigenvalue weighted by Crippen LogP contribution is -2.34. The molecule has 0 amide bonds. The maximum atomic E-state index is 6.42. The van der Waals surface area contributed by atoms with E-state index in [9.17, 15) is 0 Å². The van der Waals surface area contributed by atoms with Crippen molar-refractivity contribution in [3.8, 4) is 11.8 Å². The van der Waals surface area contributed by atoms with Crippen molar-refractivity contribution in [2.24, 2.45) is 5.92 Å². The minimum Gasteiger partial charge on any atom is -0.479 e. The standard InChI is InChI=1S/C28H36N6O2/c1-31(2)11-13-34-25-17-29-10-8-21(25)23-16-20(19-36-28(23)34)18-32(3)12-14-33-24-7-4-9-30-26(24)22-6-5-15-35-27(22)33/h4,7-10,17,20H,5-6,11-16,18-19H2,1-3H3. The Kier molecular flexibility index (Phi) is 6.31. The number of hydrogen-bond donors (Lipinski definition) is 0. The number of ether oxygens (including phenoxy) is 2. The fourth-order valence-corrected chi connectivity index (χ4v) is 5.84. The van der Waals surface area contributed by atoms with Crippen molar-refractivity contribution in [2.75, 3.05) is 54.0 Å². The Morgan fingerprint density at radius 3 is 2.69 bits per heavy atom. The van der Waals surface area contributed by atoms with Crippen LogP contribution in [0.4, 0.5) is 0 Å². The van der Waals surface area contributed by atoms with Gasteiger partial charge in [0.25, 0.3) is 0 Å². The number of fused-ring (bicyclic) bond motifs is 6. The molecule has 0 bridgehead atoms. The second kappa shape index (κ2) is 9.75. The Morgan fingerprint density at radius 1 is 0.972 bits per heavy atom. The summed E-state index contributed by atoms with van der Waals surface area (Å²) in [7, 11) is 6.44. The monoisotopic (exact) mass is 488 g/mol. The first-order chi connectivity index (χ1) is 17.6. The highest BCUT2D eigenvalue weighted by atomic mass is 16.5. The molecule has 6 heterocycles. The first-order valence-corrected chi connectivity index (χ1v) is 13.1. The lowest BCUT2D eigenvalue weighted by Gasteiger charge is -2.29. The zero-order valence-corrected chi connectivity index (χ0v) is 21.6. The van der Waals surface area contributed by atoms with Gasteiger partial charge >= 0.3 is 0 Å². The van der Waals surface area contributed by atoms with E-state index in [4.69, 9.17) is 9.47 Å². The molecule has 6 rings (SSSR count). The zero-order valence-electron chi connectivity index (χ0n) is 21.6. The van der Waals surface area contributed by atoms with Crippen molar-refractivity contribution < 1.29 is 9.47 Å². The molecule has 8 heteroatoms. The van der Waals surface area contributed by atoms with E-state index in [0.717, 1.165) is 82.5 Å². The lowest BCUT2D eigenvalue weighted by molar-refractivity contribution is 0.162. The van der Waals surface area contributed by atoms with E-state index in [1.165, 1.54) is 27.5 Å². The Morgan fingerprint density at radius 2 is 1.81 bits per heavy atom. The summed E-state index contributed by atoms with van der Waals surface area (Å²) in [5, 5.41) is 1.28. The van der Waals surface area contributed by atoms with Crippen LogP contribution in [0.3, 0.4) is 0 Å². The molecule has 0 fully saturated rings. The van der Waals surface area contributed by atoms with Gasteiger partial charge in [-0.2, -0.15) is 0 Å². The topological polar surface area (TPSA) is 60.6 Å². The average molecular weight is 489 g/mol. The molecule has 1 atom stereocenters. The van der Waals surface area contributed by atoms with Gasteiger partial charge in [0, 0.05) is 67.5 Å². The largest absolute Gasteiger partial charge is 0.479 e. The van der Waals surface area contributed by atoms with E-state index in [2.05, 4.69) is 62.2 Å². The second-order valence-electron chi connectivity index (χ2n) is 10.5. The predicted octanol–water partition coefficient (Wildman–Crippen LogP) is 3.46. The maximum absolute atomic E-state index is 6.42. The molecule has 0 aliphatic carbocycles. The maximum Gasteiger partial charge on any atom is 0.199 e. The van der Waals surface area contributed by atoms with Crippen LogP contribution in [-0.2, 0) is 25.9 Å². The van der Waals surface area contributed by atoms with Gasteiger partial charge in [-0.25, -0.2) is 0 Å². The SMILES string of the molecule is CN(C)CCn1c2c(c3ccncc31)CC(CN(C)CCn1c3c(c4ncccc41)CCCO3)CO2. The summed E-state index contributed by atoms with van der Waals surface area (Å²) in [6, 6.07) is 6.33. The van der Waals surface area contributed by atoms with Crippen LogP contribution >= 0.6 is 0 Å². The Hall–Kier alpha value is -3.10. The summed E-state index contributed by atoms with van der Waals surface area (Å²) in [5.74, 6) is 2.51. The molecular formula is C28H36N6O2. The smallest absolute Gasteiger partial charge is 0.199 e. The van der Waals surface area contributed by atoms with Crippen molar-refractivity contribution >= 4 is 21.9 Å². The van der Waals surface area contributed by atoms with Crippen molar-refractivity contribution in [3.05, 3.63) is 47.9 Å². The molecule has 36 heavy (non-hydrogen) atoms. The molecule has 4 aromatic heterocycles. The van der Waals surface area contributed by atoms with Gasteiger partial charge in [-0.05, 0) is 58.6 Å². The van der Waals surface area contributed by atoms with E-state index < -0.39 is 0 Å². The molecule has 0 aromatic carbocycles. The summed E-state index contributed by atoms with van der Waals surface area (Å²) in [6.07, 6.45) is 8.90. The lowest BCUT2D eigenvalue weighted by atomic mass is 9.97. The molecule has 8 nitrogen and oxygen atoms in total. The molecule has 0 saturated carbocycles. The molecule has 0 N–H and O–H groups in total. The summed E-state index contributed by atoms with van der Waals surface area (Å²) < 4.78 is 17.2. The number of nitrogens with zero attached hydrogens (tertiary/aromatic N) is 6. The fourth-order valence-electron chi connectivity index (χ4n) is 5.84. The minimum atomic E-state index is 0.455. The minimum absolute atomic E-state index is 0.455. The van der Waals surface area contributed by atoms with Crippen LogP contribution in [-0.4, -0.2) is 82.9 Å². The van der Waals surface area contributed by atoms with Crippen LogP contribution in [0.25, 0.3) is 21.9 Å². The highest BCUT2D eigenvalue weighted by Crippen LogP contribution is 2.37. The van der Waals surface area contributed by atoms with Gasteiger partial charge in [-0.3, -0.25) is 9.97 Å². The molecular weight excluding hydrogens is 452 g/mol. The van der Waals surface area contributed by atoms with Crippen LogP contribution in [0.2, 0.25) is 0 Å². The summed E-state index contributed by atoms with van der Waals surface area (Å²) in [5.41, 5.74) is 6.07. The molecule has 2 aliphatic rings. The third-order valence-corrected chi connectivity index (χ3v) is 7.59. The van der Waals surface area contributed by atoms with Crippen molar-refractivity contribution in [1.29, 1.82) is 0 Å². The third kappa shape index (κ3) is 4.22. The van der Waals surface area contributed by atoms with Crippen LogP contribution in [0, 0.1) is 5.92 Å². The first-order valence-electron chi connectivity index (χ1n) is 13.1. The van der Waals surface area contributed by atoms with E-state index >= 15 is 0 Å². The quantitative estimate of drug-likeness (QED) is 0.379. The highest BCUT2D eigenvalue weighted by molar-refractivity contribution is 5.86. The Labute approximate surface area is 212 Å². The van der Waals surface area contributed by atoms with Gasteiger partial charge in [0.05, 0.1) is 36.0 Å². The van der Waals surface area contributed by atoms with E-state index in [1.54, 1.807) is 0 Å². The summed E-state index contributed by atoms with van der Waals surface area (Å²) in [4.78, 5) is 13.7. The Bertz CT molecular complexity index is 1370. The van der Waals surface area contributed by atoms with Crippen molar-refractivity contribution in [1.82, 2.24) is 28.9 Å². The van der Waals surface area contributed by atoms with Crippen LogP contribution < -0.4 is 9.47 Å². The van der Waals surface area contributed by atoms with Crippen LogP contribution in [0.15, 0.2) is 36.8 Å². The van der Waals surface area contributed by atoms with E-state index in [1.807, 2.05) is 24.7 Å². The van der Waals surface area contributed by atoms with E-state index in [0.29, 0.717) is 5.92 Å². The third-order valence-electron chi connectivity index (χ3n) is 7.59. The molecule has 0 saturated heterocycles.